The average molecular weight is 583 g/mol. The van der Waals surface area contributed by atoms with Gasteiger partial charge in [-0.3, -0.25) is 9.37 Å². The monoisotopic (exact) mass is 583 g/mol. The smallest absolute Gasteiger partial charge is 0.354 e. The van der Waals surface area contributed by atoms with Gasteiger partial charge >= 0.3 is 5.97 Å². The van der Waals surface area contributed by atoms with Gasteiger partial charge in [-0.05, 0) is 29.8 Å². The Kier molecular flexibility index (Phi) is 8.40. The van der Waals surface area contributed by atoms with E-state index in [4.69, 9.17) is 5.11 Å². The molecular weight excluding hydrogens is 568 g/mol. The fourth-order valence-electron chi connectivity index (χ4n) is 2.40. The Hall–Kier alpha value is -3.35. The first-order chi connectivity index (χ1) is 14.0. The number of carboxylic acids is 1. The Morgan fingerprint density at radius 3 is 2.00 bits per heavy atom. The summed E-state index contributed by atoms with van der Waals surface area (Å²) in [6, 6.07) is 17.7. The van der Waals surface area contributed by atoms with Gasteiger partial charge < -0.3 is 10.1 Å². The van der Waals surface area contributed by atoms with E-state index in [1.54, 1.807) is 42.7 Å². The van der Waals surface area contributed by atoms with Gasteiger partial charge in [-0.2, -0.15) is 0 Å². The fraction of sp³-hybridized carbons (Fsp3) is 0. The van der Waals surface area contributed by atoms with Crippen molar-refractivity contribution in [1.82, 2.24) is 15.0 Å². The van der Waals surface area contributed by atoms with Crippen LogP contribution in [0.25, 0.3) is 22.5 Å². The van der Waals surface area contributed by atoms with Crippen LogP contribution in [-0.4, -0.2) is 26.0 Å². The van der Waals surface area contributed by atoms with Gasteiger partial charge in [-0.15, -0.1) is 29.8 Å². The molecule has 2 aromatic carbocycles. The number of pyridine rings is 1. The molecule has 1 N–H and O–H groups in total. The van der Waals surface area contributed by atoms with Crippen LogP contribution in [0.15, 0.2) is 79.3 Å². The molecule has 153 valence electrons. The topological polar surface area (TPSA) is 76.0 Å². The van der Waals surface area contributed by atoms with Crippen molar-refractivity contribution in [3.63, 3.8) is 0 Å². The standard InChI is InChI=1S/C16H9F2N2.C6H5NO2.Ir/c17-13-5-1-11(2-6-13)15-16(20-10-9-19-15)12-3-7-14(18)8-4-12;8-6(9)5-3-1-2-4-7-5;/h1-3,5-10H;1-4H,(H,8,9);/q-1;;. The van der Waals surface area contributed by atoms with Gasteiger partial charge in [-0.1, -0.05) is 18.2 Å². The number of rotatable bonds is 3. The molecule has 0 aliphatic carbocycles. The summed E-state index contributed by atoms with van der Waals surface area (Å²) in [5, 5.41) is 8.32. The molecular formula is C22H14F2IrN3O2-. The van der Waals surface area contributed by atoms with E-state index < -0.39 is 5.97 Å². The van der Waals surface area contributed by atoms with Crippen LogP contribution in [0, 0.1) is 17.7 Å². The number of nitrogens with zero attached hydrogens (tertiary/aromatic N) is 3. The molecule has 0 unspecified atom stereocenters. The summed E-state index contributed by atoms with van der Waals surface area (Å²) in [5.41, 5.74) is 2.65. The normalized spacial score (nSPS) is 9.67. The molecule has 8 heteroatoms. The number of aromatic nitrogens is 3. The molecule has 4 aromatic rings. The zero-order valence-corrected chi connectivity index (χ0v) is 17.7. The van der Waals surface area contributed by atoms with Crippen molar-refractivity contribution >= 4 is 5.97 Å². The summed E-state index contributed by atoms with van der Waals surface area (Å²) >= 11 is 0. The minimum absolute atomic E-state index is 0. The van der Waals surface area contributed by atoms with Crippen molar-refractivity contribution in [1.29, 1.82) is 0 Å². The van der Waals surface area contributed by atoms with E-state index in [0.29, 0.717) is 17.0 Å². The van der Waals surface area contributed by atoms with Crippen molar-refractivity contribution in [3.05, 3.63) is 103 Å². The maximum atomic E-state index is 13.0. The van der Waals surface area contributed by atoms with Crippen LogP contribution in [-0.2, 0) is 20.1 Å². The number of carboxylic acid groups (broad SMARTS) is 1. The van der Waals surface area contributed by atoms with E-state index in [9.17, 15) is 13.6 Å². The van der Waals surface area contributed by atoms with E-state index in [-0.39, 0.29) is 37.4 Å². The van der Waals surface area contributed by atoms with Gasteiger partial charge in [0, 0.05) is 50.2 Å². The molecule has 5 nitrogen and oxygen atoms in total. The van der Waals surface area contributed by atoms with Crippen LogP contribution in [0.1, 0.15) is 10.5 Å². The third kappa shape index (κ3) is 6.07. The second kappa shape index (κ2) is 11.0. The second-order valence-corrected chi connectivity index (χ2v) is 5.70. The van der Waals surface area contributed by atoms with Crippen LogP contribution in [0.3, 0.4) is 0 Å². The molecule has 0 amide bonds. The van der Waals surface area contributed by atoms with Gasteiger partial charge in [0.25, 0.3) is 0 Å². The molecule has 0 bridgehead atoms. The first kappa shape index (κ1) is 22.9. The van der Waals surface area contributed by atoms with Crippen LogP contribution >= 0.6 is 0 Å². The van der Waals surface area contributed by atoms with Gasteiger partial charge in [0.1, 0.15) is 11.5 Å². The quantitative estimate of drug-likeness (QED) is 0.356. The Morgan fingerprint density at radius 2 is 1.47 bits per heavy atom. The van der Waals surface area contributed by atoms with Crippen molar-refractivity contribution in [2.24, 2.45) is 0 Å². The van der Waals surface area contributed by atoms with E-state index in [2.05, 4.69) is 21.0 Å². The van der Waals surface area contributed by atoms with Crippen LogP contribution in [0.2, 0.25) is 0 Å². The van der Waals surface area contributed by atoms with Crippen LogP contribution < -0.4 is 0 Å². The summed E-state index contributed by atoms with van der Waals surface area (Å²) in [6.07, 6.45) is 4.56. The molecule has 2 aromatic heterocycles. The number of aromatic carboxylic acids is 1. The summed E-state index contributed by atoms with van der Waals surface area (Å²) in [6.45, 7) is 0. The zero-order valence-electron chi connectivity index (χ0n) is 15.3. The Bertz CT molecular complexity index is 1030. The minimum Gasteiger partial charge on any atom is -0.477 e. The van der Waals surface area contributed by atoms with E-state index in [0.717, 1.165) is 5.56 Å². The largest absolute Gasteiger partial charge is 0.477 e. The molecule has 1 radical (unpaired) electrons. The molecule has 0 spiro atoms. The van der Waals surface area contributed by atoms with Gasteiger partial charge in [0.2, 0.25) is 0 Å². The molecule has 0 aliphatic rings. The molecule has 0 saturated heterocycles. The number of hydrogen-bond acceptors (Lipinski definition) is 4. The van der Waals surface area contributed by atoms with Gasteiger partial charge in [0.15, 0.2) is 0 Å². The maximum absolute atomic E-state index is 13.0. The second-order valence-electron chi connectivity index (χ2n) is 5.70. The predicted molar refractivity (Wildman–Crippen MR) is 103 cm³/mol. The third-order valence-corrected chi connectivity index (χ3v) is 3.73. The van der Waals surface area contributed by atoms with E-state index in [1.165, 1.54) is 36.5 Å². The molecule has 30 heavy (non-hydrogen) atoms. The number of benzene rings is 2. The summed E-state index contributed by atoms with van der Waals surface area (Å²) in [5.74, 6) is -1.66. The molecule has 0 atom stereocenters. The number of hydrogen-bond donors (Lipinski definition) is 1. The van der Waals surface area contributed by atoms with Crippen molar-refractivity contribution in [2.45, 2.75) is 0 Å². The SMILES string of the molecule is Fc1c[c-]c(-c2nccnc2-c2ccc(F)cc2)cc1.O=C(O)c1ccccn1.[Ir]. The van der Waals surface area contributed by atoms with E-state index >= 15 is 0 Å². The van der Waals surface area contributed by atoms with Gasteiger partial charge in [-0.25, -0.2) is 14.2 Å². The van der Waals surface area contributed by atoms with Crippen LogP contribution in [0.5, 0.6) is 0 Å². The number of halogens is 2. The van der Waals surface area contributed by atoms with Gasteiger partial charge in [0.05, 0.1) is 5.69 Å². The van der Waals surface area contributed by atoms with Crippen LogP contribution in [0.4, 0.5) is 8.78 Å². The number of carbonyl (C=O) groups is 1. The first-order valence-corrected chi connectivity index (χ1v) is 8.43. The predicted octanol–water partition coefficient (Wildman–Crippen LogP) is 4.67. The molecule has 0 aliphatic heterocycles. The Balaban J connectivity index is 0.000000272. The summed E-state index contributed by atoms with van der Waals surface area (Å²) in [4.78, 5) is 22.3. The first-order valence-electron chi connectivity index (χ1n) is 8.43. The molecule has 0 saturated carbocycles. The van der Waals surface area contributed by atoms with Crippen molar-refractivity contribution in [2.75, 3.05) is 0 Å². The fourth-order valence-corrected chi connectivity index (χ4v) is 2.40. The van der Waals surface area contributed by atoms with Crippen molar-refractivity contribution in [3.8, 4) is 22.5 Å². The molecule has 0 fully saturated rings. The van der Waals surface area contributed by atoms with E-state index in [1.807, 2.05) is 0 Å². The molecule has 2 heterocycles. The summed E-state index contributed by atoms with van der Waals surface area (Å²) in [7, 11) is 0. The molecule has 4 rings (SSSR count). The zero-order chi connectivity index (χ0) is 20.6. The average Bonchev–Trinajstić information content (AvgIpc) is 2.76. The maximum Gasteiger partial charge on any atom is 0.354 e. The summed E-state index contributed by atoms with van der Waals surface area (Å²) < 4.78 is 25.9. The Morgan fingerprint density at radius 1 is 0.800 bits per heavy atom. The minimum atomic E-state index is -0.990. The Labute approximate surface area is 184 Å². The third-order valence-electron chi connectivity index (χ3n) is 3.73. The van der Waals surface area contributed by atoms with Crippen molar-refractivity contribution < 1.29 is 38.8 Å².